The van der Waals surface area contributed by atoms with Gasteiger partial charge in [-0.3, -0.25) is 0 Å². The molecule has 0 aliphatic carbocycles. The Kier molecular flexibility index (Phi) is 4.14. The van der Waals surface area contributed by atoms with Crippen LogP contribution in [-0.4, -0.2) is 12.6 Å². The van der Waals surface area contributed by atoms with Crippen molar-refractivity contribution in [3.05, 3.63) is 48.0 Å². The van der Waals surface area contributed by atoms with Gasteiger partial charge in [-0.25, -0.2) is 0 Å². The molecule has 3 rings (SSSR count). The van der Waals surface area contributed by atoms with Crippen LogP contribution in [0.3, 0.4) is 0 Å². The summed E-state index contributed by atoms with van der Waals surface area (Å²) in [6.45, 7) is 5.14. The van der Waals surface area contributed by atoms with Gasteiger partial charge in [0.15, 0.2) is 0 Å². The fraction of sp³-hybridized carbons (Fsp3) is 0.368. The molecule has 1 N–H and O–H groups in total. The van der Waals surface area contributed by atoms with Crippen LogP contribution in [0.15, 0.2) is 42.5 Å². The second-order valence-electron chi connectivity index (χ2n) is 5.80. The summed E-state index contributed by atoms with van der Waals surface area (Å²) in [6, 6.07) is 15.6. The Hall–Kier alpha value is -1.96. The highest BCUT2D eigenvalue weighted by molar-refractivity contribution is 5.74. The predicted octanol–water partition coefficient (Wildman–Crippen LogP) is 4.89. The molecule has 110 valence electrons. The number of anilines is 1. The van der Waals surface area contributed by atoms with Gasteiger partial charge in [0, 0.05) is 17.3 Å². The molecule has 2 heteroatoms. The molecule has 2 nitrogen and oxygen atoms in total. The molecule has 0 amide bonds. The Balaban J connectivity index is 1.94. The molecule has 1 heterocycles. The summed E-state index contributed by atoms with van der Waals surface area (Å²) in [5.74, 6) is 0.983. The van der Waals surface area contributed by atoms with Gasteiger partial charge in [0.2, 0.25) is 0 Å². The molecule has 0 aromatic heterocycles. The van der Waals surface area contributed by atoms with Crippen LogP contribution in [0.4, 0.5) is 5.69 Å². The summed E-state index contributed by atoms with van der Waals surface area (Å²) in [4.78, 5) is 0. The zero-order chi connectivity index (χ0) is 14.7. The average Bonchev–Trinajstić information content (AvgIpc) is 2.52. The number of fused-ring (bicyclic) bond motifs is 1. The number of aryl methyl sites for hydroxylation is 1. The van der Waals surface area contributed by atoms with Crippen molar-refractivity contribution in [2.24, 2.45) is 0 Å². The Morgan fingerprint density at radius 3 is 2.90 bits per heavy atom. The van der Waals surface area contributed by atoms with Crippen LogP contribution < -0.4 is 10.1 Å². The highest BCUT2D eigenvalue weighted by atomic mass is 16.5. The van der Waals surface area contributed by atoms with Gasteiger partial charge in [0.05, 0.1) is 6.61 Å². The van der Waals surface area contributed by atoms with Gasteiger partial charge in [0.25, 0.3) is 0 Å². The van der Waals surface area contributed by atoms with Gasteiger partial charge < -0.3 is 10.1 Å². The summed E-state index contributed by atoms with van der Waals surface area (Å²) >= 11 is 0. The molecule has 1 aliphatic heterocycles. The van der Waals surface area contributed by atoms with E-state index in [1.165, 1.54) is 28.8 Å². The van der Waals surface area contributed by atoms with E-state index >= 15 is 0 Å². The van der Waals surface area contributed by atoms with Gasteiger partial charge >= 0.3 is 0 Å². The van der Waals surface area contributed by atoms with Gasteiger partial charge in [-0.2, -0.15) is 0 Å². The van der Waals surface area contributed by atoms with Crippen molar-refractivity contribution in [3.8, 4) is 16.9 Å². The van der Waals surface area contributed by atoms with Crippen molar-refractivity contribution in [2.45, 2.75) is 39.2 Å². The predicted molar refractivity (Wildman–Crippen MR) is 89.1 cm³/mol. The topological polar surface area (TPSA) is 21.3 Å². The SMILES string of the molecule is CCCOc1ccccc1-c1ccc2c(c1)CCC(C)N2. The standard InChI is InChI=1S/C19H23NO/c1-3-12-21-19-7-5-4-6-17(19)15-10-11-18-16(13-15)9-8-14(2)20-18/h4-7,10-11,13-14,20H,3,8-9,12H2,1-2H3. The normalized spacial score (nSPS) is 17.0. The lowest BCUT2D eigenvalue weighted by Crippen LogP contribution is -2.21. The second-order valence-corrected chi connectivity index (χ2v) is 5.80. The van der Waals surface area contributed by atoms with Crippen molar-refractivity contribution in [2.75, 3.05) is 11.9 Å². The lowest BCUT2D eigenvalue weighted by molar-refractivity contribution is 0.318. The number of benzene rings is 2. The third-order valence-electron chi connectivity index (χ3n) is 4.01. The Labute approximate surface area is 127 Å². The first-order valence-electron chi connectivity index (χ1n) is 7.89. The molecule has 0 saturated heterocycles. The molecule has 1 unspecified atom stereocenters. The van der Waals surface area contributed by atoms with E-state index in [1.807, 2.05) is 6.07 Å². The zero-order valence-electron chi connectivity index (χ0n) is 12.9. The molecular weight excluding hydrogens is 258 g/mol. The van der Waals surface area contributed by atoms with Crippen LogP contribution in [-0.2, 0) is 6.42 Å². The minimum absolute atomic E-state index is 0.573. The number of ether oxygens (including phenoxy) is 1. The molecule has 0 radical (unpaired) electrons. The van der Waals surface area contributed by atoms with Gasteiger partial charge in [0.1, 0.15) is 5.75 Å². The van der Waals surface area contributed by atoms with Gasteiger partial charge in [-0.15, -0.1) is 0 Å². The molecule has 0 spiro atoms. The van der Waals surface area contributed by atoms with Crippen LogP contribution >= 0.6 is 0 Å². The van der Waals surface area contributed by atoms with Crippen LogP contribution in [0.2, 0.25) is 0 Å². The van der Waals surface area contributed by atoms with Gasteiger partial charge in [-0.05, 0) is 55.5 Å². The minimum atomic E-state index is 0.573. The molecule has 0 bridgehead atoms. The first-order valence-corrected chi connectivity index (χ1v) is 7.89. The third-order valence-corrected chi connectivity index (χ3v) is 4.01. The van der Waals surface area contributed by atoms with Crippen LogP contribution in [0.1, 0.15) is 32.3 Å². The summed E-state index contributed by atoms with van der Waals surface area (Å²) < 4.78 is 5.89. The summed E-state index contributed by atoms with van der Waals surface area (Å²) in [5.41, 5.74) is 5.13. The molecule has 1 atom stereocenters. The number of rotatable bonds is 4. The van der Waals surface area contributed by atoms with Crippen LogP contribution in [0, 0.1) is 0 Å². The van der Waals surface area contributed by atoms with E-state index in [-0.39, 0.29) is 0 Å². The zero-order valence-corrected chi connectivity index (χ0v) is 12.9. The van der Waals surface area contributed by atoms with E-state index in [2.05, 4.69) is 55.6 Å². The van der Waals surface area contributed by atoms with Crippen molar-refractivity contribution in [1.29, 1.82) is 0 Å². The number of nitrogens with one attached hydrogen (secondary N) is 1. The van der Waals surface area contributed by atoms with Crippen molar-refractivity contribution < 1.29 is 4.74 Å². The van der Waals surface area contributed by atoms with Crippen molar-refractivity contribution >= 4 is 5.69 Å². The molecule has 2 aromatic rings. The molecular formula is C19H23NO. The number of hydrogen-bond donors (Lipinski definition) is 1. The average molecular weight is 281 g/mol. The van der Waals surface area contributed by atoms with Gasteiger partial charge in [-0.1, -0.05) is 31.2 Å². The summed E-state index contributed by atoms with van der Waals surface area (Å²) in [6.07, 6.45) is 3.38. The maximum absolute atomic E-state index is 5.89. The monoisotopic (exact) mass is 281 g/mol. The first-order chi connectivity index (χ1) is 10.3. The number of para-hydroxylation sites is 1. The molecule has 0 saturated carbocycles. The number of hydrogen-bond acceptors (Lipinski definition) is 2. The van der Waals surface area contributed by atoms with E-state index in [0.717, 1.165) is 25.2 Å². The quantitative estimate of drug-likeness (QED) is 0.861. The fourth-order valence-corrected chi connectivity index (χ4v) is 2.86. The Morgan fingerprint density at radius 2 is 2.05 bits per heavy atom. The van der Waals surface area contributed by atoms with E-state index in [0.29, 0.717) is 6.04 Å². The molecule has 1 aliphatic rings. The largest absolute Gasteiger partial charge is 0.493 e. The first kappa shape index (κ1) is 14.0. The Bertz CT molecular complexity index is 621. The maximum Gasteiger partial charge on any atom is 0.127 e. The van der Waals surface area contributed by atoms with E-state index < -0.39 is 0 Å². The molecule has 0 fully saturated rings. The summed E-state index contributed by atoms with van der Waals surface area (Å²) in [5, 5.41) is 3.56. The highest BCUT2D eigenvalue weighted by Crippen LogP contribution is 2.34. The lowest BCUT2D eigenvalue weighted by atomic mass is 9.94. The fourth-order valence-electron chi connectivity index (χ4n) is 2.86. The van der Waals surface area contributed by atoms with E-state index in [1.54, 1.807) is 0 Å². The molecule has 2 aromatic carbocycles. The lowest BCUT2D eigenvalue weighted by Gasteiger charge is -2.24. The minimum Gasteiger partial charge on any atom is -0.493 e. The van der Waals surface area contributed by atoms with E-state index in [9.17, 15) is 0 Å². The maximum atomic E-state index is 5.89. The van der Waals surface area contributed by atoms with E-state index in [4.69, 9.17) is 4.74 Å². The highest BCUT2D eigenvalue weighted by Gasteiger charge is 2.15. The van der Waals surface area contributed by atoms with Crippen molar-refractivity contribution in [3.63, 3.8) is 0 Å². The third kappa shape index (κ3) is 3.05. The van der Waals surface area contributed by atoms with Crippen LogP contribution in [0.5, 0.6) is 5.75 Å². The molecule has 21 heavy (non-hydrogen) atoms. The summed E-state index contributed by atoms with van der Waals surface area (Å²) in [7, 11) is 0. The smallest absolute Gasteiger partial charge is 0.127 e. The van der Waals surface area contributed by atoms with Crippen molar-refractivity contribution in [1.82, 2.24) is 0 Å². The Morgan fingerprint density at radius 1 is 1.19 bits per heavy atom. The second kappa shape index (κ2) is 6.21. The van der Waals surface area contributed by atoms with Crippen LogP contribution in [0.25, 0.3) is 11.1 Å².